The Bertz CT molecular complexity index is 1620. The van der Waals surface area contributed by atoms with Gasteiger partial charge in [-0.3, -0.25) is 14.4 Å². The molecule has 0 aromatic heterocycles. The molecular weight excluding hydrogens is 695 g/mol. The van der Waals surface area contributed by atoms with Gasteiger partial charge in [0.1, 0.15) is 24.2 Å². The van der Waals surface area contributed by atoms with Gasteiger partial charge in [0.2, 0.25) is 11.8 Å². The molecule has 0 aliphatic rings. The van der Waals surface area contributed by atoms with Gasteiger partial charge in [0.25, 0.3) is 0 Å². The lowest BCUT2D eigenvalue weighted by Crippen LogP contribution is -2.56. The number of hydrogen-bond donors (Lipinski definition) is 3. The molecule has 0 aliphatic carbocycles. The van der Waals surface area contributed by atoms with Gasteiger partial charge in [0, 0.05) is 17.3 Å². The molecule has 3 N–H and O–H groups in total. The van der Waals surface area contributed by atoms with Gasteiger partial charge in [0.05, 0.1) is 11.4 Å². The number of ether oxygens (including phenoxy) is 2. The molecule has 0 saturated heterocycles. The topological polar surface area (TPSA) is 123 Å². The van der Waals surface area contributed by atoms with E-state index in [4.69, 9.17) is 9.47 Å². The van der Waals surface area contributed by atoms with Crippen molar-refractivity contribution in [2.75, 3.05) is 24.7 Å². The van der Waals surface area contributed by atoms with Crippen LogP contribution in [0.25, 0.3) is 0 Å². The quantitative estimate of drug-likeness (QED) is 0.0808. The Balaban J connectivity index is 1.67. The first-order valence-electron chi connectivity index (χ1n) is 17.2. The van der Waals surface area contributed by atoms with Crippen molar-refractivity contribution in [2.45, 2.75) is 55.9 Å². The molecule has 9 nitrogen and oxygen atoms in total. The molecule has 3 amide bonds. The van der Waals surface area contributed by atoms with E-state index in [2.05, 4.69) is 52.3 Å². The lowest BCUT2D eigenvalue weighted by Gasteiger charge is -2.36. The molecule has 0 saturated carbocycles. The Morgan fingerprint density at radius 1 is 0.654 bits per heavy atom. The summed E-state index contributed by atoms with van der Waals surface area (Å²) in [6, 6.07) is 37.7. The fourth-order valence-electron chi connectivity index (χ4n) is 5.43. The standard InChI is InChI=1S/C41H47N3O6S2/c1-5-49-36(45)26-42-37(46)34(28-51-27-30-18-10-6-11-19-30)43-38(47)35(44-39(48)50-40(2,3)4)29-52-41(31-20-12-7-13-21-31,32-22-14-8-15-23-32)33-24-16-9-17-25-33/h6-25,34-35H,5,26-29H2,1-4H3,(H,42,46)(H,43,47)(H,44,48). The maximum atomic E-state index is 14.3. The van der Waals surface area contributed by atoms with Gasteiger partial charge in [0.15, 0.2) is 0 Å². The first kappa shape index (κ1) is 40.0. The van der Waals surface area contributed by atoms with Crippen LogP contribution in [-0.2, 0) is 34.4 Å². The van der Waals surface area contributed by atoms with E-state index in [9.17, 15) is 19.2 Å². The van der Waals surface area contributed by atoms with E-state index in [1.165, 1.54) is 23.5 Å². The van der Waals surface area contributed by atoms with Crippen molar-refractivity contribution >= 4 is 47.4 Å². The molecule has 4 aromatic rings. The summed E-state index contributed by atoms with van der Waals surface area (Å²) in [6.45, 7) is 6.75. The summed E-state index contributed by atoms with van der Waals surface area (Å²) in [5, 5.41) is 8.26. The van der Waals surface area contributed by atoms with Gasteiger partial charge in [-0.1, -0.05) is 121 Å². The lowest BCUT2D eigenvalue weighted by molar-refractivity contribution is -0.143. The summed E-state index contributed by atoms with van der Waals surface area (Å²) in [5.74, 6) is -0.780. The zero-order chi connectivity index (χ0) is 37.4. The fraction of sp³-hybridized carbons (Fsp3) is 0.317. The van der Waals surface area contributed by atoms with E-state index in [0.717, 1.165) is 22.3 Å². The highest BCUT2D eigenvalue weighted by Gasteiger charge is 2.39. The maximum Gasteiger partial charge on any atom is 0.408 e. The van der Waals surface area contributed by atoms with Gasteiger partial charge < -0.3 is 25.4 Å². The van der Waals surface area contributed by atoms with E-state index in [-0.39, 0.29) is 24.7 Å². The van der Waals surface area contributed by atoms with Crippen molar-refractivity contribution in [1.29, 1.82) is 0 Å². The average molecular weight is 742 g/mol. The minimum Gasteiger partial charge on any atom is -0.465 e. The Hall–Kier alpha value is -4.74. The molecule has 0 aliphatic heterocycles. The normalized spacial score (nSPS) is 12.5. The summed E-state index contributed by atoms with van der Waals surface area (Å²) in [5.41, 5.74) is 3.21. The monoisotopic (exact) mass is 741 g/mol. The lowest BCUT2D eigenvalue weighted by atomic mass is 9.84. The first-order valence-corrected chi connectivity index (χ1v) is 19.3. The van der Waals surface area contributed by atoms with E-state index in [1.807, 2.05) is 84.9 Å². The number of amides is 3. The number of thioether (sulfide) groups is 2. The van der Waals surface area contributed by atoms with Crippen LogP contribution in [0.4, 0.5) is 4.79 Å². The van der Waals surface area contributed by atoms with Crippen LogP contribution >= 0.6 is 23.5 Å². The van der Waals surface area contributed by atoms with Crippen LogP contribution in [0, 0.1) is 0 Å². The van der Waals surface area contributed by atoms with Gasteiger partial charge in [-0.15, -0.1) is 11.8 Å². The van der Waals surface area contributed by atoms with Crippen molar-refractivity contribution in [3.05, 3.63) is 144 Å². The van der Waals surface area contributed by atoms with Gasteiger partial charge in [-0.25, -0.2) is 4.79 Å². The predicted octanol–water partition coefficient (Wildman–Crippen LogP) is 6.70. The second-order valence-electron chi connectivity index (χ2n) is 12.9. The molecule has 2 unspecified atom stereocenters. The van der Waals surface area contributed by atoms with Crippen LogP contribution in [-0.4, -0.2) is 66.2 Å². The van der Waals surface area contributed by atoms with Crippen LogP contribution in [0.15, 0.2) is 121 Å². The zero-order valence-corrected chi connectivity index (χ0v) is 31.6. The number of hydrogen-bond acceptors (Lipinski definition) is 8. The number of alkyl carbamates (subject to hydrolysis) is 1. The Morgan fingerprint density at radius 3 is 1.62 bits per heavy atom. The van der Waals surface area contributed by atoms with Crippen molar-refractivity contribution in [2.24, 2.45) is 0 Å². The van der Waals surface area contributed by atoms with Crippen LogP contribution in [0.2, 0.25) is 0 Å². The Morgan fingerprint density at radius 2 is 1.13 bits per heavy atom. The minimum absolute atomic E-state index is 0.109. The third-order valence-corrected chi connectivity index (χ3v) is 10.5. The van der Waals surface area contributed by atoms with Crippen molar-refractivity contribution in [3.63, 3.8) is 0 Å². The van der Waals surface area contributed by atoms with E-state index in [0.29, 0.717) is 5.75 Å². The SMILES string of the molecule is CCOC(=O)CNC(=O)C(CSCc1ccccc1)NC(=O)C(CSC(c1ccccc1)(c1ccccc1)c1ccccc1)NC(=O)OC(C)(C)C. The molecule has 2 atom stereocenters. The second kappa shape index (κ2) is 19.8. The van der Waals surface area contributed by atoms with E-state index >= 15 is 0 Å². The molecule has 0 radical (unpaired) electrons. The molecular formula is C41H47N3O6S2. The maximum absolute atomic E-state index is 14.3. The molecule has 52 heavy (non-hydrogen) atoms. The van der Waals surface area contributed by atoms with Gasteiger partial charge in [-0.05, 0) is 49.9 Å². The first-order chi connectivity index (χ1) is 25.0. The van der Waals surface area contributed by atoms with E-state index < -0.39 is 46.3 Å². The Kier molecular flexibility index (Phi) is 15.2. The smallest absolute Gasteiger partial charge is 0.408 e. The van der Waals surface area contributed by atoms with E-state index in [1.54, 1.807) is 27.7 Å². The molecule has 11 heteroatoms. The second-order valence-corrected chi connectivity index (χ2v) is 15.1. The number of benzene rings is 4. The van der Waals surface area contributed by atoms with Gasteiger partial charge in [-0.2, -0.15) is 11.8 Å². The van der Waals surface area contributed by atoms with Crippen LogP contribution in [0.1, 0.15) is 49.9 Å². The van der Waals surface area contributed by atoms with Gasteiger partial charge >= 0.3 is 12.1 Å². The molecule has 0 fully saturated rings. The summed E-state index contributed by atoms with van der Waals surface area (Å²) in [4.78, 5) is 53.1. The Labute approximate surface area is 315 Å². The van der Waals surface area contributed by atoms with Crippen LogP contribution in [0.5, 0.6) is 0 Å². The van der Waals surface area contributed by atoms with Crippen LogP contribution in [0.3, 0.4) is 0 Å². The summed E-state index contributed by atoms with van der Waals surface area (Å²) >= 11 is 2.96. The van der Waals surface area contributed by atoms with Crippen LogP contribution < -0.4 is 16.0 Å². The zero-order valence-electron chi connectivity index (χ0n) is 30.0. The predicted molar refractivity (Wildman–Crippen MR) is 209 cm³/mol. The number of rotatable bonds is 17. The molecule has 0 spiro atoms. The third kappa shape index (κ3) is 11.9. The number of nitrogens with one attached hydrogen (secondary N) is 3. The average Bonchev–Trinajstić information content (AvgIpc) is 3.14. The number of carbonyl (C=O) groups is 4. The molecule has 0 bridgehead atoms. The molecule has 4 rings (SSSR count). The van der Waals surface area contributed by atoms with Crippen molar-refractivity contribution < 1.29 is 28.7 Å². The summed E-state index contributed by atoms with van der Waals surface area (Å²) in [6.07, 6.45) is -0.764. The number of carbonyl (C=O) groups excluding carboxylic acids is 4. The highest BCUT2D eigenvalue weighted by Crippen LogP contribution is 2.48. The summed E-state index contributed by atoms with van der Waals surface area (Å²) in [7, 11) is 0. The highest BCUT2D eigenvalue weighted by atomic mass is 32.2. The molecule has 274 valence electrons. The van der Waals surface area contributed by atoms with Crippen molar-refractivity contribution in [1.82, 2.24) is 16.0 Å². The van der Waals surface area contributed by atoms with Crippen molar-refractivity contribution in [3.8, 4) is 0 Å². The number of esters is 1. The fourth-order valence-corrected chi connectivity index (χ4v) is 8.00. The largest absolute Gasteiger partial charge is 0.465 e. The molecule has 4 aromatic carbocycles. The third-order valence-electron chi connectivity index (χ3n) is 7.76. The molecule has 0 heterocycles. The minimum atomic E-state index is -1.12. The highest BCUT2D eigenvalue weighted by molar-refractivity contribution is 8.00. The summed E-state index contributed by atoms with van der Waals surface area (Å²) < 4.78 is 9.78.